The summed E-state index contributed by atoms with van der Waals surface area (Å²) >= 11 is 0. The molecule has 0 spiro atoms. The summed E-state index contributed by atoms with van der Waals surface area (Å²) < 4.78 is 37.4. The molecule has 0 atom stereocenters. The molecule has 6 heteroatoms. The van der Waals surface area contributed by atoms with Gasteiger partial charge < -0.3 is 5.32 Å². The average Bonchev–Trinajstić information content (AvgIpc) is 3.13. The van der Waals surface area contributed by atoms with E-state index in [-0.39, 0.29) is 34.6 Å². The molecule has 1 N–H and O–H groups in total. The lowest BCUT2D eigenvalue weighted by Gasteiger charge is -2.17. The highest BCUT2D eigenvalue weighted by Gasteiger charge is 2.44. The van der Waals surface area contributed by atoms with Crippen LogP contribution in [0.3, 0.4) is 0 Å². The van der Waals surface area contributed by atoms with Gasteiger partial charge in [-0.2, -0.15) is 0 Å². The maximum Gasteiger partial charge on any atom is 0.221 e. The third-order valence-corrected chi connectivity index (χ3v) is 7.62. The van der Waals surface area contributed by atoms with Crippen LogP contribution >= 0.6 is 0 Å². The highest BCUT2D eigenvalue weighted by atomic mass is 32.2. The van der Waals surface area contributed by atoms with E-state index in [0.717, 1.165) is 44.1 Å². The molecule has 0 bridgehead atoms. The number of nitrogens with one attached hydrogen (secondary N) is 1. The fraction of sp³-hybridized carbons (Fsp3) is 0.611. The molecule has 24 heavy (non-hydrogen) atoms. The molecule has 2 aliphatic rings. The van der Waals surface area contributed by atoms with Gasteiger partial charge in [0.25, 0.3) is 0 Å². The van der Waals surface area contributed by atoms with Crippen molar-refractivity contribution in [2.75, 3.05) is 12.3 Å². The molecule has 4 nitrogen and oxygen atoms in total. The Kier molecular flexibility index (Phi) is 4.95. The van der Waals surface area contributed by atoms with Gasteiger partial charge in [-0.3, -0.25) is 4.79 Å². The predicted octanol–water partition coefficient (Wildman–Crippen LogP) is 2.72. The largest absolute Gasteiger partial charge is 0.355 e. The van der Waals surface area contributed by atoms with Crippen molar-refractivity contribution < 1.29 is 17.6 Å². The summed E-state index contributed by atoms with van der Waals surface area (Å²) in [4.78, 5) is 12.0. The van der Waals surface area contributed by atoms with Gasteiger partial charge in [0.2, 0.25) is 5.91 Å². The summed E-state index contributed by atoms with van der Waals surface area (Å²) in [6, 6.07) is 6.40. The molecule has 0 heterocycles. The van der Waals surface area contributed by atoms with Crippen LogP contribution in [0, 0.1) is 5.82 Å². The first-order valence-corrected chi connectivity index (χ1v) is 10.4. The first-order valence-electron chi connectivity index (χ1n) is 8.66. The molecule has 0 saturated heterocycles. The molecule has 0 aromatic heterocycles. The van der Waals surface area contributed by atoms with E-state index in [1.165, 1.54) is 12.1 Å². The van der Waals surface area contributed by atoms with Crippen LogP contribution in [0.25, 0.3) is 0 Å². The maximum absolute atomic E-state index is 13.0. The number of hydrogen-bond donors (Lipinski definition) is 1. The smallest absolute Gasteiger partial charge is 0.221 e. The minimum Gasteiger partial charge on any atom is -0.355 e. The van der Waals surface area contributed by atoms with Gasteiger partial charge in [0.1, 0.15) is 5.82 Å². The second-order valence-corrected chi connectivity index (χ2v) is 9.49. The molecule has 2 aliphatic carbocycles. The van der Waals surface area contributed by atoms with Crippen molar-refractivity contribution >= 4 is 15.7 Å². The second kappa shape index (κ2) is 6.82. The van der Waals surface area contributed by atoms with Crippen LogP contribution in [0.5, 0.6) is 0 Å². The summed E-state index contributed by atoms with van der Waals surface area (Å²) in [7, 11) is -3.15. The zero-order valence-corrected chi connectivity index (χ0v) is 14.6. The molecule has 0 aliphatic heterocycles. The van der Waals surface area contributed by atoms with Crippen LogP contribution < -0.4 is 5.32 Å². The summed E-state index contributed by atoms with van der Waals surface area (Å²) in [6.45, 7) is 0.487. The Morgan fingerprint density at radius 1 is 1.17 bits per heavy atom. The molecule has 1 amide bonds. The quantitative estimate of drug-likeness (QED) is 0.820. The highest BCUT2D eigenvalue weighted by Crippen LogP contribution is 2.47. The molecule has 1 aromatic rings. The zero-order chi connectivity index (χ0) is 17.2. The van der Waals surface area contributed by atoms with E-state index in [1.807, 2.05) is 0 Å². The number of benzene rings is 1. The second-order valence-electron chi connectivity index (χ2n) is 7.09. The minimum atomic E-state index is -3.15. The number of rotatable bonds is 7. The van der Waals surface area contributed by atoms with Crippen LogP contribution in [0.4, 0.5) is 4.39 Å². The number of sulfone groups is 1. The van der Waals surface area contributed by atoms with Crippen molar-refractivity contribution in [1.82, 2.24) is 5.32 Å². The van der Waals surface area contributed by atoms with Crippen molar-refractivity contribution in [2.24, 2.45) is 0 Å². The lowest BCUT2D eigenvalue weighted by atomic mass is 9.96. The van der Waals surface area contributed by atoms with Crippen LogP contribution in [0.15, 0.2) is 24.3 Å². The van der Waals surface area contributed by atoms with E-state index in [4.69, 9.17) is 0 Å². The first-order chi connectivity index (χ1) is 11.4. The Morgan fingerprint density at radius 2 is 1.79 bits per heavy atom. The van der Waals surface area contributed by atoms with Gasteiger partial charge in [0, 0.05) is 18.4 Å². The Bertz CT molecular complexity index is 689. The van der Waals surface area contributed by atoms with Gasteiger partial charge in [0.05, 0.1) is 11.0 Å². The van der Waals surface area contributed by atoms with Gasteiger partial charge in [-0.15, -0.1) is 0 Å². The lowest BCUT2D eigenvalue weighted by molar-refractivity contribution is -0.120. The number of carbonyl (C=O) groups is 1. The number of hydrogen-bond acceptors (Lipinski definition) is 3. The molecule has 0 unspecified atom stereocenters. The van der Waals surface area contributed by atoms with E-state index in [1.54, 1.807) is 12.1 Å². The summed E-state index contributed by atoms with van der Waals surface area (Å²) in [5, 5.41) is 2.61. The van der Waals surface area contributed by atoms with Gasteiger partial charge in [-0.1, -0.05) is 25.0 Å². The third kappa shape index (κ3) is 3.97. The fourth-order valence-electron chi connectivity index (χ4n) is 3.53. The van der Waals surface area contributed by atoms with E-state index < -0.39 is 9.84 Å². The van der Waals surface area contributed by atoms with Gasteiger partial charge >= 0.3 is 0 Å². The summed E-state index contributed by atoms with van der Waals surface area (Å²) in [5.74, 6) is -0.548. The molecular formula is C18H24FNO3S. The molecular weight excluding hydrogens is 329 g/mol. The molecule has 2 fully saturated rings. The van der Waals surface area contributed by atoms with Gasteiger partial charge in [0.15, 0.2) is 9.84 Å². The number of carbonyl (C=O) groups excluding carboxylic acids is 1. The topological polar surface area (TPSA) is 63.2 Å². The zero-order valence-electron chi connectivity index (χ0n) is 13.8. The molecule has 2 saturated carbocycles. The van der Waals surface area contributed by atoms with Crippen molar-refractivity contribution in [3.8, 4) is 0 Å². The van der Waals surface area contributed by atoms with Crippen molar-refractivity contribution in [3.63, 3.8) is 0 Å². The Morgan fingerprint density at radius 3 is 2.38 bits per heavy atom. The summed E-state index contributed by atoms with van der Waals surface area (Å²) in [6.07, 6.45) is 5.35. The lowest BCUT2D eigenvalue weighted by Crippen LogP contribution is -2.34. The molecule has 1 aromatic carbocycles. The minimum absolute atomic E-state index is 0.0261. The van der Waals surface area contributed by atoms with Gasteiger partial charge in [-0.05, 0) is 43.4 Å². The van der Waals surface area contributed by atoms with Gasteiger partial charge in [-0.25, -0.2) is 12.8 Å². The van der Waals surface area contributed by atoms with Crippen LogP contribution in [-0.2, 0) is 20.0 Å². The van der Waals surface area contributed by atoms with Crippen LogP contribution in [0.1, 0.15) is 50.5 Å². The van der Waals surface area contributed by atoms with E-state index >= 15 is 0 Å². The predicted molar refractivity (Wildman–Crippen MR) is 91.0 cm³/mol. The fourth-order valence-corrected chi connectivity index (χ4v) is 5.38. The Balaban J connectivity index is 1.48. The first kappa shape index (κ1) is 17.4. The average molecular weight is 353 g/mol. The monoisotopic (exact) mass is 353 g/mol. The van der Waals surface area contributed by atoms with Crippen molar-refractivity contribution in [3.05, 3.63) is 35.6 Å². The maximum atomic E-state index is 13.0. The molecule has 132 valence electrons. The van der Waals surface area contributed by atoms with Crippen molar-refractivity contribution in [1.29, 1.82) is 0 Å². The Hall–Kier alpha value is -1.43. The van der Waals surface area contributed by atoms with Crippen LogP contribution in [-0.4, -0.2) is 31.9 Å². The SMILES string of the molecule is O=C(CCS(=O)(=O)C1CCCC1)NCC1(c2ccc(F)cc2)CC1. The standard InChI is InChI=1S/C18H24FNO3S/c19-15-7-5-14(6-8-15)18(10-11-18)13-20-17(21)9-12-24(22,23)16-3-1-2-4-16/h5-8,16H,1-4,9-13H2,(H,20,21). The highest BCUT2D eigenvalue weighted by molar-refractivity contribution is 7.92. The molecule has 0 radical (unpaired) electrons. The number of halogens is 1. The normalized spacial score (nSPS) is 20.0. The van der Waals surface area contributed by atoms with Crippen molar-refractivity contribution in [2.45, 2.75) is 55.6 Å². The molecule has 3 rings (SSSR count). The summed E-state index contributed by atoms with van der Waals surface area (Å²) in [5.41, 5.74) is 0.927. The van der Waals surface area contributed by atoms with E-state index in [0.29, 0.717) is 6.54 Å². The van der Waals surface area contributed by atoms with Crippen LogP contribution in [0.2, 0.25) is 0 Å². The van der Waals surface area contributed by atoms with E-state index in [9.17, 15) is 17.6 Å². The van der Waals surface area contributed by atoms with E-state index in [2.05, 4.69) is 5.32 Å². The third-order valence-electron chi connectivity index (χ3n) is 5.36. The number of amides is 1. The Labute approximate surface area is 142 Å².